The van der Waals surface area contributed by atoms with E-state index in [0.29, 0.717) is 14.6 Å². The summed E-state index contributed by atoms with van der Waals surface area (Å²) in [7, 11) is -3.37. The van der Waals surface area contributed by atoms with Gasteiger partial charge in [0.1, 0.15) is 4.21 Å². The number of hydrogen-bond acceptors (Lipinski definition) is 3. The molecule has 1 aromatic rings. The van der Waals surface area contributed by atoms with Crippen molar-refractivity contribution in [3.63, 3.8) is 0 Å². The monoisotopic (exact) mass is 401 g/mol. The summed E-state index contributed by atoms with van der Waals surface area (Å²) in [5.41, 5.74) is 0. The van der Waals surface area contributed by atoms with Crippen molar-refractivity contribution in [1.82, 2.24) is 4.72 Å². The van der Waals surface area contributed by atoms with Crippen LogP contribution in [-0.2, 0) is 10.0 Å². The van der Waals surface area contributed by atoms with Crippen molar-refractivity contribution in [3.05, 3.63) is 15.9 Å². The van der Waals surface area contributed by atoms with Crippen molar-refractivity contribution in [1.29, 1.82) is 0 Å². The molecule has 2 atom stereocenters. The third-order valence-corrected chi connectivity index (χ3v) is 7.98. The number of alkyl halides is 1. The van der Waals surface area contributed by atoms with Gasteiger partial charge in [0.05, 0.1) is 0 Å². The van der Waals surface area contributed by atoms with Crippen LogP contribution in [0.1, 0.15) is 19.3 Å². The zero-order valence-corrected chi connectivity index (χ0v) is 13.8. The minimum Gasteiger partial charge on any atom is -0.207 e. The molecule has 0 saturated heterocycles. The second kappa shape index (κ2) is 5.69. The maximum absolute atomic E-state index is 12.2. The van der Waals surface area contributed by atoms with Gasteiger partial charge in [0, 0.05) is 15.8 Å². The van der Waals surface area contributed by atoms with Crippen LogP contribution in [0.2, 0.25) is 0 Å². The average Bonchev–Trinajstić information content (AvgIpc) is 2.86. The lowest BCUT2D eigenvalue weighted by molar-refractivity contribution is 0.485. The fraction of sp³-hybridized carbons (Fsp3) is 0.600. The molecule has 2 rings (SSSR count). The molecule has 1 aromatic heterocycles. The smallest absolute Gasteiger partial charge is 0.207 e. The first-order valence-electron chi connectivity index (χ1n) is 5.36. The molecule has 7 heteroatoms. The topological polar surface area (TPSA) is 46.2 Å². The fourth-order valence-corrected chi connectivity index (χ4v) is 6.57. The molecule has 1 N–H and O–H groups in total. The van der Waals surface area contributed by atoms with Gasteiger partial charge in [-0.15, -0.1) is 11.3 Å². The minimum absolute atomic E-state index is 0.0633. The van der Waals surface area contributed by atoms with Gasteiger partial charge < -0.3 is 0 Å². The van der Waals surface area contributed by atoms with Crippen LogP contribution >= 0.6 is 43.2 Å². The highest BCUT2D eigenvalue weighted by Crippen LogP contribution is 2.31. The molecule has 17 heavy (non-hydrogen) atoms. The van der Waals surface area contributed by atoms with Gasteiger partial charge in [-0.25, -0.2) is 13.1 Å². The Morgan fingerprint density at radius 2 is 2.24 bits per heavy atom. The highest BCUT2D eigenvalue weighted by Gasteiger charge is 2.31. The van der Waals surface area contributed by atoms with E-state index in [9.17, 15) is 8.42 Å². The van der Waals surface area contributed by atoms with Crippen molar-refractivity contribution in [2.75, 3.05) is 5.33 Å². The van der Waals surface area contributed by atoms with Crippen LogP contribution in [0.4, 0.5) is 0 Å². The molecule has 0 aliphatic heterocycles. The molecule has 0 aromatic carbocycles. The third kappa shape index (κ3) is 3.12. The summed E-state index contributed by atoms with van der Waals surface area (Å²) in [6.07, 6.45) is 3.11. The summed E-state index contributed by atoms with van der Waals surface area (Å²) in [6.45, 7) is 0. The molecule has 2 unspecified atom stereocenters. The summed E-state index contributed by atoms with van der Waals surface area (Å²) in [5, 5.41) is 2.63. The number of halogens is 2. The summed E-state index contributed by atoms with van der Waals surface area (Å²) in [5.74, 6) is 0.406. The maximum atomic E-state index is 12.2. The first-order valence-corrected chi connectivity index (χ1v) is 9.63. The third-order valence-electron chi connectivity index (χ3n) is 2.99. The van der Waals surface area contributed by atoms with Crippen molar-refractivity contribution in [2.45, 2.75) is 29.5 Å². The Morgan fingerprint density at radius 3 is 2.82 bits per heavy atom. The molecule has 0 amide bonds. The average molecular weight is 403 g/mol. The van der Waals surface area contributed by atoms with E-state index in [4.69, 9.17) is 0 Å². The summed E-state index contributed by atoms with van der Waals surface area (Å²) < 4.78 is 28.2. The molecule has 1 heterocycles. The van der Waals surface area contributed by atoms with E-state index in [1.165, 1.54) is 11.3 Å². The molecule has 0 bridgehead atoms. The van der Waals surface area contributed by atoms with Crippen LogP contribution in [0.5, 0.6) is 0 Å². The Hall–Kier alpha value is 0.570. The summed E-state index contributed by atoms with van der Waals surface area (Å²) >= 11 is 7.95. The van der Waals surface area contributed by atoms with Crippen LogP contribution in [0.15, 0.2) is 20.1 Å². The lowest BCUT2D eigenvalue weighted by Crippen LogP contribution is -2.37. The lowest BCUT2D eigenvalue weighted by atomic mass is 10.1. The lowest BCUT2D eigenvalue weighted by Gasteiger charge is -2.18. The molecule has 3 nitrogen and oxygen atoms in total. The minimum atomic E-state index is -3.37. The van der Waals surface area contributed by atoms with E-state index in [-0.39, 0.29) is 6.04 Å². The Morgan fingerprint density at radius 1 is 1.47 bits per heavy atom. The van der Waals surface area contributed by atoms with Crippen LogP contribution in [0.25, 0.3) is 0 Å². The van der Waals surface area contributed by atoms with Gasteiger partial charge in [-0.2, -0.15) is 0 Å². The van der Waals surface area contributed by atoms with Crippen molar-refractivity contribution in [2.24, 2.45) is 5.92 Å². The van der Waals surface area contributed by atoms with Crippen LogP contribution in [0.3, 0.4) is 0 Å². The Bertz CT molecular complexity index is 486. The van der Waals surface area contributed by atoms with E-state index in [2.05, 4.69) is 36.6 Å². The van der Waals surface area contributed by atoms with Gasteiger partial charge in [-0.1, -0.05) is 22.4 Å². The summed E-state index contributed by atoms with van der Waals surface area (Å²) in [4.78, 5) is 0. The SMILES string of the molecule is O=S(=O)(NC1CCCC1CBr)c1sccc1Br. The van der Waals surface area contributed by atoms with Gasteiger partial charge >= 0.3 is 0 Å². The zero-order valence-electron chi connectivity index (χ0n) is 9.03. The van der Waals surface area contributed by atoms with E-state index >= 15 is 0 Å². The van der Waals surface area contributed by atoms with Gasteiger partial charge in [0.25, 0.3) is 10.0 Å². The number of rotatable bonds is 4. The molecule has 1 saturated carbocycles. The highest BCUT2D eigenvalue weighted by atomic mass is 79.9. The van der Waals surface area contributed by atoms with Gasteiger partial charge in [-0.3, -0.25) is 0 Å². The van der Waals surface area contributed by atoms with Crippen molar-refractivity contribution >= 4 is 53.2 Å². The zero-order chi connectivity index (χ0) is 12.5. The van der Waals surface area contributed by atoms with Gasteiger partial charge in [0.2, 0.25) is 0 Å². The largest absolute Gasteiger partial charge is 0.251 e. The quantitative estimate of drug-likeness (QED) is 0.785. The maximum Gasteiger partial charge on any atom is 0.251 e. The highest BCUT2D eigenvalue weighted by molar-refractivity contribution is 9.10. The van der Waals surface area contributed by atoms with Gasteiger partial charge in [-0.05, 0) is 46.1 Å². The number of nitrogens with one attached hydrogen (secondary N) is 1. The molecule has 1 fully saturated rings. The molecule has 0 radical (unpaired) electrons. The van der Waals surface area contributed by atoms with Gasteiger partial charge in [0.15, 0.2) is 0 Å². The molecule has 0 spiro atoms. The number of thiophene rings is 1. The molecule has 96 valence electrons. The van der Waals surface area contributed by atoms with Crippen LogP contribution in [0, 0.1) is 5.92 Å². The van der Waals surface area contributed by atoms with Crippen molar-refractivity contribution < 1.29 is 8.42 Å². The molecule has 1 aliphatic carbocycles. The first kappa shape index (κ1) is 14.0. The molecule has 1 aliphatic rings. The van der Waals surface area contributed by atoms with E-state index in [0.717, 1.165) is 24.6 Å². The van der Waals surface area contributed by atoms with E-state index < -0.39 is 10.0 Å². The Kier molecular flexibility index (Phi) is 4.68. The fourth-order valence-electron chi connectivity index (χ4n) is 2.10. The number of sulfonamides is 1. The number of hydrogen-bond donors (Lipinski definition) is 1. The first-order chi connectivity index (χ1) is 8.04. The Labute approximate surface area is 122 Å². The summed E-state index contributed by atoms with van der Waals surface area (Å²) in [6, 6.07) is 1.82. The second-order valence-corrected chi connectivity index (χ2v) is 8.46. The second-order valence-electron chi connectivity index (χ2n) is 4.13. The normalized spacial score (nSPS) is 25.3. The molecular formula is C10H13Br2NO2S2. The predicted molar refractivity (Wildman–Crippen MR) is 77.3 cm³/mol. The van der Waals surface area contributed by atoms with Crippen LogP contribution < -0.4 is 4.72 Å². The van der Waals surface area contributed by atoms with E-state index in [1.807, 2.05) is 0 Å². The van der Waals surface area contributed by atoms with Crippen molar-refractivity contribution in [3.8, 4) is 0 Å². The van der Waals surface area contributed by atoms with Crippen LogP contribution in [-0.4, -0.2) is 19.8 Å². The van der Waals surface area contributed by atoms with E-state index in [1.54, 1.807) is 11.4 Å². The Balaban J connectivity index is 2.16. The standard InChI is InChI=1S/C10H13Br2NO2S2/c11-6-7-2-1-3-9(7)13-17(14,15)10-8(12)4-5-16-10/h4-5,7,9,13H,1-3,6H2. The molecular weight excluding hydrogens is 390 g/mol. The predicted octanol–water partition coefficient (Wildman–Crippen LogP) is 3.35.